The van der Waals surface area contributed by atoms with Gasteiger partial charge >= 0.3 is 6.09 Å². The molecule has 2 saturated heterocycles. The van der Waals surface area contributed by atoms with Crippen molar-refractivity contribution in [2.45, 2.75) is 12.6 Å². The molecule has 0 aliphatic carbocycles. The second kappa shape index (κ2) is 10.2. The fraction of sp³-hybridized carbons (Fsp3) is 0.333. The predicted molar refractivity (Wildman–Crippen MR) is 131 cm³/mol. The van der Waals surface area contributed by atoms with Crippen LogP contribution in [0.1, 0.15) is 15.4 Å². The lowest BCUT2D eigenvalue weighted by molar-refractivity contribution is 0.0334. The number of anilines is 1. The predicted octanol–water partition coefficient (Wildman–Crippen LogP) is 3.78. The molecule has 0 radical (unpaired) electrons. The van der Waals surface area contributed by atoms with Gasteiger partial charge in [0, 0.05) is 42.9 Å². The minimum Gasteiger partial charge on any atom is -0.442 e. The van der Waals surface area contributed by atoms with Gasteiger partial charge in [-0.15, -0.1) is 11.3 Å². The minimum atomic E-state index is -0.420. The van der Waals surface area contributed by atoms with Gasteiger partial charge in [-0.05, 0) is 48.5 Å². The van der Waals surface area contributed by atoms with Gasteiger partial charge in [0.1, 0.15) is 6.10 Å². The number of morpholine rings is 1. The average Bonchev–Trinajstić information content (AvgIpc) is 3.58. The Morgan fingerprint density at radius 1 is 1.09 bits per heavy atom. The average molecular weight is 501 g/mol. The Labute approximate surface area is 206 Å². The van der Waals surface area contributed by atoms with Crippen molar-refractivity contribution in [3.8, 4) is 5.69 Å². The first-order valence-electron chi connectivity index (χ1n) is 11.2. The lowest BCUT2D eigenvalue weighted by Crippen LogP contribution is -2.36. The number of halogens is 1. The van der Waals surface area contributed by atoms with E-state index < -0.39 is 12.2 Å². The third-order valence-electron chi connectivity index (χ3n) is 5.92. The highest BCUT2D eigenvalue weighted by Crippen LogP contribution is 2.25. The second-order valence-electron chi connectivity index (χ2n) is 8.20. The van der Waals surface area contributed by atoms with Crippen molar-refractivity contribution in [2.75, 3.05) is 44.3 Å². The van der Waals surface area contributed by atoms with Crippen molar-refractivity contribution < 1.29 is 19.1 Å². The number of ether oxygens (including phenoxy) is 2. The van der Waals surface area contributed by atoms with Crippen molar-refractivity contribution >= 4 is 40.6 Å². The van der Waals surface area contributed by atoms with E-state index >= 15 is 0 Å². The van der Waals surface area contributed by atoms with Gasteiger partial charge in [-0.3, -0.25) is 14.6 Å². The lowest BCUT2D eigenvalue weighted by atomic mass is 10.2. The smallest absolute Gasteiger partial charge is 0.414 e. The first-order chi connectivity index (χ1) is 16.6. The number of benzene rings is 1. The maximum absolute atomic E-state index is 12.4. The molecular formula is C24H25ClN4O4S. The number of carbonyl (C=O) groups is 2. The summed E-state index contributed by atoms with van der Waals surface area (Å²) in [5.41, 5.74) is 3.00. The summed E-state index contributed by atoms with van der Waals surface area (Å²) in [5, 5.41) is 2.81. The third kappa shape index (κ3) is 5.12. The van der Waals surface area contributed by atoms with Crippen molar-refractivity contribution in [3.05, 3.63) is 69.6 Å². The van der Waals surface area contributed by atoms with Gasteiger partial charge in [0.2, 0.25) is 0 Å². The van der Waals surface area contributed by atoms with Crippen molar-refractivity contribution in [3.63, 3.8) is 0 Å². The summed E-state index contributed by atoms with van der Waals surface area (Å²) in [4.78, 5) is 29.2. The zero-order valence-corrected chi connectivity index (χ0v) is 20.1. The minimum absolute atomic E-state index is 0.227. The summed E-state index contributed by atoms with van der Waals surface area (Å²) in [6, 6.07) is 15.4. The molecular weight excluding hydrogens is 476 g/mol. The van der Waals surface area contributed by atoms with Crippen LogP contribution in [-0.4, -0.2) is 67.0 Å². The Balaban J connectivity index is 1.20. The van der Waals surface area contributed by atoms with Gasteiger partial charge in [-0.2, -0.15) is 0 Å². The van der Waals surface area contributed by atoms with Gasteiger partial charge in [-0.1, -0.05) is 11.6 Å². The fourth-order valence-corrected chi connectivity index (χ4v) is 5.11. The van der Waals surface area contributed by atoms with Crippen LogP contribution in [0, 0.1) is 0 Å². The first kappa shape index (κ1) is 22.9. The number of nitrogens with one attached hydrogen (secondary N) is 1. The van der Waals surface area contributed by atoms with E-state index in [-0.39, 0.29) is 12.5 Å². The molecule has 34 heavy (non-hydrogen) atoms. The number of cyclic esters (lactones) is 1. The molecule has 5 rings (SSSR count). The van der Waals surface area contributed by atoms with Crippen LogP contribution in [0.4, 0.5) is 10.5 Å². The highest BCUT2D eigenvalue weighted by atomic mass is 35.5. The number of hydrogen-bond acceptors (Lipinski definition) is 6. The molecule has 10 heteroatoms. The van der Waals surface area contributed by atoms with E-state index in [0.29, 0.717) is 15.8 Å². The number of rotatable bonds is 7. The molecule has 0 unspecified atom stereocenters. The fourth-order valence-electron chi connectivity index (χ4n) is 4.15. The first-order valence-corrected chi connectivity index (χ1v) is 12.3. The van der Waals surface area contributed by atoms with Gasteiger partial charge in [0.15, 0.2) is 0 Å². The molecule has 2 aliphatic heterocycles. The lowest BCUT2D eigenvalue weighted by Gasteiger charge is -2.27. The van der Waals surface area contributed by atoms with Gasteiger partial charge in [-0.25, -0.2) is 4.79 Å². The number of amides is 2. The second-order valence-corrected chi connectivity index (χ2v) is 9.92. The number of carbonyl (C=O) groups excluding carboxylic acids is 2. The Hall–Kier alpha value is -2.85. The summed E-state index contributed by atoms with van der Waals surface area (Å²) in [6.45, 7) is 4.89. The maximum atomic E-state index is 12.4. The molecule has 0 bridgehead atoms. The van der Waals surface area contributed by atoms with E-state index in [4.69, 9.17) is 21.1 Å². The summed E-state index contributed by atoms with van der Waals surface area (Å²) < 4.78 is 13.6. The molecule has 1 atom stereocenters. The number of thiophene rings is 1. The highest BCUT2D eigenvalue weighted by molar-refractivity contribution is 7.18. The quantitative estimate of drug-likeness (QED) is 0.534. The summed E-state index contributed by atoms with van der Waals surface area (Å²) >= 11 is 7.10. The van der Waals surface area contributed by atoms with Gasteiger partial charge in [0.25, 0.3) is 5.91 Å². The van der Waals surface area contributed by atoms with E-state index in [9.17, 15) is 9.59 Å². The van der Waals surface area contributed by atoms with E-state index in [1.165, 1.54) is 17.0 Å². The van der Waals surface area contributed by atoms with Crippen molar-refractivity contribution in [1.82, 2.24) is 14.8 Å². The highest BCUT2D eigenvalue weighted by Gasteiger charge is 2.32. The molecule has 4 heterocycles. The van der Waals surface area contributed by atoms with Crippen LogP contribution in [0.15, 0.2) is 54.7 Å². The molecule has 8 nitrogen and oxygen atoms in total. The van der Waals surface area contributed by atoms with E-state index in [2.05, 4.69) is 20.9 Å². The molecule has 2 aromatic heterocycles. The van der Waals surface area contributed by atoms with Crippen LogP contribution in [0.5, 0.6) is 0 Å². The molecule has 3 aromatic rings. The monoisotopic (exact) mass is 500 g/mol. The van der Waals surface area contributed by atoms with E-state index in [1.54, 1.807) is 17.0 Å². The van der Waals surface area contributed by atoms with Crippen LogP contribution in [0.25, 0.3) is 5.69 Å². The Morgan fingerprint density at radius 3 is 2.59 bits per heavy atom. The normalized spacial score (nSPS) is 18.8. The largest absolute Gasteiger partial charge is 0.442 e. The molecule has 0 saturated carbocycles. The molecule has 2 aliphatic rings. The Morgan fingerprint density at radius 2 is 1.85 bits per heavy atom. The SMILES string of the molecule is O=C(NC[C@H]1CN(c2ccc(-n3cccc3CN3CCOCC3)cc2)C(=O)O1)c1ccc(Cl)s1. The van der Waals surface area contributed by atoms with E-state index in [0.717, 1.165) is 44.2 Å². The molecule has 2 amide bonds. The van der Waals surface area contributed by atoms with Crippen LogP contribution in [-0.2, 0) is 16.0 Å². The summed E-state index contributed by atoms with van der Waals surface area (Å²) in [6.07, 6.45) is 1.21. The van der Waals surface area contributed by atoms with Crippen molar-refractivity contribution in [1.29, 1.82) is 0 Å². The topological polar surface area (TPSA) is 76.0 Å². The Bertz CT molecular complexity index is 1160. The van der Waals surface area contributed by atoms with Gasteiger partial charge < -0.3 is 19.4 Å². The zero-order valence-electron chi connectivity index (χ0n) is 18.5. The van der Waals surface area contributed by atoms with Crippen LogP contribution in [0.3, 0.4) is 0 Å². The third-order valence-corrected chi connectivity index (χ3v) is 7.15. The van der Waals surface area contributed by atoms with E-state index in [1.807, 2.05) is 36.5 Å². The zero-order chi connectivity index (χ0) is 23.5. The van der Waals surface area contributed by atoms with Gasteiger partial charge in [0.05, 0.1) is 35.5 Å². The Kier molecular flexibility index (Phi) is 6.87. The summed E-state index contributed by atoms with van der Waals surface area (Å²) in [5.74, 6) is -0.227. The van der Waals surface area contributed by atoms with Crippen molar-refractivity contribution in [2.24, 2.45) is 0 Å². The standard InChI is InChI=1S/C24H25ClN4O4S/c25-22-8-7-21(34-22)23(30)26-14-20-16-29(24(31)33-20)18-5-3-17(4-6-18)28-9-1-2-19(28)15-27-10-12-32-13-11-27/h1-9,20H,10-16H2,(H,26,30)/t20-/m0/s1. The molecule has 1 aromatic carbocycles. The van der Waals surface area contributed by atoms with Crippen LogP contribution < -0.4 is 10.2 Å². The maximum Gasteiger partial charge on any atom is 0.414 e. The van der Waals surface area contributed by atoms with Crippen LogP contribution >= 0.6 is 22.9 Å². The number of aromatic nitrogens is 1. The number of nitrogens with zero attached hydrogens (tertiary/aromatic N) is 3. The molecule has 178 valence electrons. The number of hydrogen-bond donors (Lipinski definition) is 1. The molecule has 2 fully saturated rings. The van der Waals surface area contributed by atoms with Crippen LogP contribution in [0.2, 0.25) is 4.34 Å². The summed E-state index contributed by atoms with van der Waals surface area (Å²) in [7, 11) is 0. The molecule has 1 N–H and O–H groups in total. The molecule has 0 spiro atoms.